The number of esters is 4. The van der Waals surface area contributed by atoms with Crippen molar-refractivity contribution in [2.45, 2.75) is 271 Å². The van der Waals surface area contributed by atoms with Gasteiger partial charge >= 0.3 is 23.9 Å². The van der Waals surface area contributed by atoms with Gasteiger partial charge in [0, 0.05) is 40.2 Å². The Hall–Kier alpha value is -4.57. The number of likely N-dealkylation sites (N-methyl/N-ethyl adjacent to an activating group) is 1. The molecule has 2 rings (SSSR count). The van der Waals surface area contributed by atoms with Crippen molar-refractivity contribution in [3.05, 3.63) is 35.9 Å². The van der Waals surface area contributed by atoms with Gasteiger partial charge in [0.15, 0.2) is 24.6 Å². The lowest BCUT2D eigenvalue weighted by molar-refractivity contribution is -0.301. The third-order valence-corrected chi connectivity index (χ3v) is 13.6. The topological polar surface area (TPSA) is 211 Å². The Balaban J connectivity index is 2.32. The van der Waals surface area contributed by atoms with Crippen LogP contribution in [-0.4, -0.2) is 98.0 Å². The van der Waals surface area contributed by atoms with Crippen molar-refractivity contribution in [1.82, 2.24) is 16.0 Å². The Kier molecular flexibility index (Phi) is 36.1. The van der Waals surface area contributed by atoms with Gasteiger partial charge in [-0.2, -0.15) is 0 Å². The summed E-state index contributed by atoms with van der Waals surface area (Å²) in [6.45, 7) is 9.00. The summed E-state index contributed by atoms with van der Waals surface area (Å²) >= 11 is 0. The van der Waals surface area contributed by atoms with Crippen LogP contribution in [0.15, 0.2) is 30.3 Å². The molecule has 16 heteroatoms. The van der Waals surface area contributed by atoms with Crippen LogP contribution in [0, 0.1) is 5.92 Å². The van der Waals surface area contributed by atoms with Gasteiger partial charge in [0.1, 0.15) is 18.7 Å². The molecule has 0 bridgehead atoms. The van der Waals surface area contributed by atoms with Crippen LogP contribution in [0.5, 0.6) is 0 Å². The van der Waals surface area contributed by atoms with Gasteiger partial charge in [0.05, 0.1) is 12.7 Å². The molecule has 1 aromatic carbocycles. The number of carbonyl (C=O) groups excluding carboxylic acids is 7. The number of benzene rings is 1. The smallest absolute Gasteiger partial charge is 0.306 e. The molecule has 3 N–H and O–H groups in total. The number of unbranched alkanes of at least 4 members (excludes halogenated alkanes) is 22. The van der Waals surface area contributed by atoms with E-state index in [1.807, 2.05) is 30.3 Å². The van der Waals surface area contributed by atoms with E-state index in [9.17, 15) is 33.6 Å². The van der Waals surface area contributed by atoms with Gasteiger partial charge in [-0.05, 0) is 31.7 Å². The highest BCUT2D eigenvalue weighted by molar-refractivity contribution is 5.92. The number of hydrogen-bond donors (Lipinski definition) is 3. The summed E-state index contributed by atoms with van der Waals surface area (Å²) < 4.78 is 34.3. The highest BCUT2D eigenvalue weighted by atomic mass is 16.7. The van der Waals surface area contributed by atoms with E-state index in [0.717, 1.165) is 70.8 Å². The number of amides is 3. The molecule has 0 unspecified atom stereocenters. The Labute approximate surface area is 444 Å². The van der Waals surface area contributed by atoms with Crippen LogP contribution in [-0.2, 0) is 68.6 Å². The average molecular weight is 1040 g/mol. The van der Waals surface area contributed by atoms with Gasteiger partial charge in [0.2, 0.25) is 17.7 Å². The molecule has 0 aliphatic carbocycles. The van der Waals surface area contributed by atoms with E-state index < -0.39 is 91.0 Å². The van der Waals surface area contributed by atoms with E-state index in [1.54, 1.807) is 6.92 Å². The van der Waals surface area contributed by atoms with E-state index in [1.165, 1.54) is 117 Å². The second kappa shape index (κ2) is 40.7. The van der Waals surface area contributed by atoms with E-state index in [4.69, 9.17) is 28.4 Å². The minimum atomic E-state index is -1.47. The van der Waals surface area contributed by atoms with Crippen LogP contribution in [0.1, 0.15) is 227 Å². The summed E-state index contributed by atoms with van der Waals surface area (Å²) in [5.74, 6) is -4.90. The summed E-state index contributed by atoms with van der Waals surface area (Å²) in [6.07, 6.45) is 23.0. The molecule has 74 heavy (non-hydrogen) atoms. The molecular weight excluding hydrogens is 947 g/mol. The maximum Gasteiger partial charge on any atom is 0.306 e. The molecule has 422 valence electrons. The molecule has 1 heterocycles. The van der Waals surface area contributed by atoms with Gasteiger partial charge < -0.3 is 44.4 Å². The summed E-state index contributed by atoms with van der Waals surface area (Å²) in [6, 6.07) is 6.53. The molecule has 0 spiro atoms. The third kappa shape index (κ3) is 29.5. The van der Waals surface area contributed by atoms with Gasteiger partial charge in [0.25, 0.3) is 0 Å². The van der Waals surface area contributed by atoms with Gasteiger partial charge in [-0.25, -0.2) is 0 Å². The first-order valence-corrected chi connectivity index (χ1v) is 28.5. The first kappa shape index (κ1) is 65.5. The van der Waals surface area contributed by atoms with E-state index in [0.29, 0.717) is 12.8 Å². The fourth-order valence-electron chi connectivity index (χ4n) is 9.43. The van der Waals surface area contributed by atoms with Gasteiger partial charge in [-0.3, -0.25) is 33.6 Å². The lowest BCUT2D eigenvalue weighted by Crippen LogP contribution is -2.62. The summed E-state index contributed by atoms with van der Waals surface area (Å²) in [4.78, 5) is 92.1. The van der Waals surface area contributed by atoms with Crippen molar-refractivity contribution in [3.63, 3.8) is 0 Å². The van der Waals surface area contributed by atoms with Crippen molar-refractivity contribution >= 4 is 41.6 Å². The summed E-state index contributed by atoms with van der Waals surface area (Å²) in [5, 5.41) is 8.21. The van der Waals surface area contributed by atoms with Crippen molar-refractivity contribution < 1.29 is 62.0 Å². The lowest BCUT2D eigenvalue weighted by atomic mass is 9.92. The zero-order valence-electron chi connectivity index (χ0n) is 46.5. The molecule has 3 amide bonds. The second-order valence-electron chi connectivity index (χ2n) is 20.2. The Morgan fingerprint density at radius 2 is 0.959 bits per heavy atom. The molecule has 0 aromatic heterocycles. The maximum absolute atomic E-state index is 14.5. The van der Waals surface area contributed by atoms with E-state index in [2.05, 4.69) is 29.8 Å². The predicted octanol–water partition coefficient (Wildman–Crippen LogP) is 10.6. The number of rotatable bonds is 42. The molecule has 0 saturated carbocycles. The lowest BCUT2D eigenvalue weighted by Gasteiger charge is -2.43. The molecular formula is C58H97N3O13. The predicted molar refractivity (Wildman–Crippen MR) is 285 cm³/mol. The van der Waals surface area contributed by atoms with Crippen LogP contribution in [0.3, 0.4) is 0 Å². The van der Waals surface area contributed by atoms with Crippen molar-refractivity contribution in [2.24, 2.45) is 5.92 Å². The minimum Gasteiger partial charge on any atom is -0.461 e. The minimum absolute atomic E-state index is 0.0396. The highest BCUT2D eigenvalue weighted by Crippen LogP contribution is 2.30. The number of carbonyl (C=O) groups is 7. The Morgan fingerprint density at radius 3 is 1.42 bits per heavy atom. The largest absolute Gasteiger partial charge is 0.461 e. The average Bonchev–Trinajstić information content (AvgIpc) is 3.37. The van der Waals surface area contributed by atoms with Crippen molar-refractivity contribution in [2.75, 3.05) is 13.7 Å². The summed E-state index contributed by atoms with van der Waals surface area (Å²) in [5.41, 5.74) is 0.792. The first-order chi connectivity index (χ1) is 35.7. The molecule has 16 nitrogen and oxygen atoms in total. The SMILES string of the molecule is CCCCCCCCCCCCCCC(CCCCCCCCCCCCCC)C(=O)N[C@@H](CO[C@H]1O[C@@H](C)[C@@H](OC(C)=O)[C@@H](OC(C)=O)[C@@H]1OC(C)=O)C(=O)N[C@@H](CCC(=O)OCc1ccccc1)C(=O)NC. The fourth-order valence-corrected chi connectivity index (χ4v) is 9.43. The Morgan fingerprint density at radius 1 is 0.527 bits per heavy atom. The molecule has 1 saturated heterocycles. The third-order valence-electron chi connectivity index (χ3n) is 13.6. The highest BCUT2D eigenvalue weighted by Gasteiger charge is 2.51. The molecule has 1 aliphatic rings. The van der Waals surface area contributed by atoms with Crippen LogP contribution >= 0.6 is 0 Å². The van der Waals surface area contributed by atoms with Crippen LogP contribution in [0.25, 0.3) is 0 Å². The molecule has 7 atom stereocenters. The van der Waals surface area contributed by atoms with Gasteiger partial charge in [-0.15, -0.1) is 0 Å². The van der Waals surface area contributed by atoms with E-state index in [-0.39, 0.29) is 25.4 Å². The zero-order valence-corrected chi connectivity index (χ0v) is 46.5. The standard InChI is InChI=1S/C58H97N3O13/c1-8-10-12-14-16-18-20-22-24-26-28-33-37-48(38-34-29-27-25-23-21-19-17-15-13-11-9-2)55(66)61-50(57(68)60-49(56(67)59-7)39-40-51(65)69-41-47-35-31-30-32-36-47)42-70-58-54(74-46(6)64)53(73-45(5)63)52(43(3)71-58)72-44(4)62/h30-32,35-36,43,48-50,52-54,58H,8-29,33-34,37-42H2,1-7H3,(H,59,67)(H,60,68)(H,61,66)/t43-,49-,50-,52+,53+,54-,58-/m0/s1. The monoisotopic (exact) mass is 1040 g/mol. The van der Waals surface area contributed by atoms with E-state index >= 15 is 0 Å². The zero-order chi connectivity index (χ0) is 54.4. The first-order valence-electron chi connectivity index (χ1n) is 28.5. The second-order valence-corrected chi connectivity index (χ2v) is 20.2. The normalized spacial score (nSPS) is 18.2. The van der Waals surface area contributed by atoms with Crippen LogP contribution < -0.4 is 16.0 Å². The fraction of sp³-hybridized carbons (Fsp3) is 0.776. The number of nitrogens with one attached hydrogen (secondary N) is 3. The molecule has 1 fully saturated rings. The molecule has 0 radical (unpaired) electrons. The molecule has 1 aliphatic heterocycles. The van der Waals surface area contributed by atoms with Crippen molar-refractivity contribution in [1.29, 1.82) is 0 Å². The van der Waals surface area contributed by atoms with Crippen molar-refractivity contribution in [3.8, 4) is 0 Å². The van der Waals surface area contributed by atoms with Crippen LogP contribution in [0.2, 0.25) is 0 Å². The Bertz CT molecular complexity index is 1700. The quantitative estimate of drug-likeness (QED) is 0.0316. The number of hydrogen-bond acceptors (Lipinski definition) is 13. The number of ether oxygens (including phenoxy) is 6. The summed E-state index contributed by atoms with van der Waals surface area (Å²) in [7, 11) is 1.41. The maximum atomic E-state index is 14.5. The van der Waals surface area contributed by atoms with Gasteiger partial charge in [-0.1, -0.05) is 198 Å². The van der Waals surface area contributed by atoms with Crippen LogP contribution in [0.4, 0.5) is 0 Å². The molecule has 1 aromatic rings.